The Hall–Kier alpha value is -2.53. The second kappa shape index (κ2) is 9.31. The summed E-state index contributed by atoms with van der Waals surface area (Å²) < 4.78 is 0. The van der Waals surface area contributed by atoms with Crippen molar-refractivity contribution in [2.24, 2.45) is 0 Å². The van der Waals surface area contributed by atoms with Crippen molar-refractivity contribution in [2.45, 2.75) is 32.6 Å². The fourth-order valence-corrected chi connectivity index (χ4v) is 3.45. The molecular formula is C24H34N4O. The second-order valence-corrected chi connectivity index (χ2v) is 8.89. The van der Waals surface area contributed by atoms with E-state index in [2.05, 4.69) is 84.7 Å². The molecule has 0 bridgehead atoms. The van der Waals surface area contributed by atoms with E-state index in [0.717, 1.165) is 37.6 Å². The van der Waals surface area contributed by atoms with Crippen LogP contribution in [-0.2, 0) is 10.2 Å². The lowest BCUT2D eigenvalue weighted by Gasteiger charge is -2.34. The minimum absolute atomic E-state index is 0.0242. The highest BCUT2D eigenvalue weighted by Crippen LogP contribution is 2.23. The first-order chi connectivity index (χ1) is 13.8. The van der Waals surface area contributed by atoms with Gasteiger partial charge in [-0.3, -0.25) is 4.79 Å². The Morgan fingerprint density at radius 2 is 1.48 bits per heavy atom. The van der Waals surface area contributed by atoms with Gasteiger partial charge in [-0.25, -0.2) is 0 Å². The number of nitrogens with one attached hydrogen (secondary N) is 2. The number of piperazine rings is 1. The van der Waals surface area contributed by atoms with Crippen LogP contribution < -0.4 is 15.5 Å². The first kappa shape index (κ1) is 21.2. The van der Waals surface area contributed by atoms with E-state index in [9.17, 15) is 4.79 Å². The van der Waals surface area contributed by atoms with E-state index in [0.29, 0.717) is 13.0 Å². The Morgan fingerprint density at radius 1 is 0.897 bits per heavy atom. The van der Waals surface area contributed by atoms with E-state index < -0.39 is 0 Å². The highest BCUT2D eigenvalue weighted by Gasteiger charge is 2.14. The molecule has 1 aliphatic heterocycles. The number of amides is 1. The summed E-state index contributed by atoms with van der Waals surface area (Å²) in [6, 6.07) is 16.6. The predicted octanol–water partition coefficient (Wildman–Crippen LogP) is 4.18. The van der Waals surface area contributed by atoms with Crippen LogP contribution in [0.5, 0.6) is 0 Å². The minimum atomic E-state index is 0.0242. The zero-order valence-corrected chi connectivity index (χ0v) is 18.2. The van der Waals surface area contributed by atoms with Crippen molar-refractivity contribution in [3.63, 3.8) is 0 Å². The number of hydrogen-bond acceptors (Lipinski definition) is 4. The normalized spacial score (nSPS) is 15.2. The van der Waals surface area contributed by atoms with Crippen molar-refractivity contribution >= 4 is 23.0 Å². The van der Waals surface area contributed by atoms with Crippen LogP contribution in [0.1, 0.15) is 32.8 Å². The van der Waals surface area contributed by atoms with Gasteiger partial charge >= 0.3 is 0 Å². The summed E-state index contributed by atoms with van der Waals surface area (Å²) in [4.78, 5) is 17.0. The zero-order valence-electron chi connectivity index (χ0n) is 18.2. The monoisotopic (exact) mass is 394 g/mol. The van der Waals surface area contributed by atoms with Crippen LogP contribution in [-0.4, -0.2) is 50.6 Å². The summed E-state index contributed by atoms with van der Waals surface area (Å²) in [6.45, 7) is 11.5. The van der Waals surface area contributed by atoms with Crippen molar-refractivity contribution in [1.29, 1.82) is 0 Å². The number of nitrogens with zero attached hydrogens (tertiary/aromatic N) is 2. The van der Waals surface area contributed by atoms with Gasteiger partial charge in [0.15, 0.2) is 0 Å². The Bertz CT molecular complexity index is 785. The molecule has 2 aromatic carbocycles. The molecule has 0 spiro atoms. The molecule has 1 heterocycles. The molecule has 2 aromatic rings. The molecule has 0 unspecified atom stereocenters. The lowest BCUT2D eigenvalue weighted by atomic mass is 9.87. The molecule has 1 amide bonds. The number of hydrogen-bond donors (Lipinski definition) is 2. The van der Waals surface area contributed by atoms with Gasteiger partial charge in [-0.2, -0.15) is 0 Å². The lowest BCUT2D eigenvalue weighted by Crippen LogP contribution is -2.44. The van der Waals surface area contributed by atoms with Crippen LogP contribution in [0.25, 0.3) is 0 Å². The Labute approximate surface area is 175 Å². The molecule has 156 valence electrons. The smallest absolute Gasteiger partial charge is 0.226 e. The average molecular weight is 395 g/mol. The van der Waals surface area contributed by atoms with Gasteiger partial charge in [-0.1, -0.05) is 32.9 Å². The summed E-state index contributed by atoms with van der Waals surface area (Å²) in [5.41, 5.74) is 4.57. The van der Waals surface area contributed by atoms with Gasteiger partial charge < -0.3 is 20.4 Å². The number of rotatable bonds is 6. The molecule has 0 atom stereocenters. The van der Waals surface area contributed by atoms with E-state index in [4.69, 9.17) is 0 Å². The number of anilines is 3. The van der Waals surface area contributed by atoms with Crippen molar-refractivity contribution in [1.82, 2.24) is 4.90 Å². The SMILES string of the molecule is CN1CCN(c2ccc(NC(=O)CCNc3ccc(C(C)(C)C)cc3)cc2)CC1. The van der Waals surface area contributed by atoms with Gasteiger partial charge in [0.05, 0.1) is 0 Å². The van der Waals surface area contributed by atoms with E-state index >= 15 is 0 Å². The lowest BCUT2D eigenvalue weighted by molar-refractivity contribution is -0.115. The highest BCUT2D eigenvalue weighted by molar-refractivity contribution is 5.91. The topological polar surface area (TPSA) is 47.6 Å². The van der Waals surface area contributed by atoms with Crippen molar-refractivity contribution < 1.29 is 4.79 Å². The molecule has 29 heavy (non-hydrogen) atoms. The maximum Gasteiger partial charge on any atom is 0.226 e. The van der Waals surface area contributed by atoms with E-state index in [-0.39, 0.29) is 11.3 Å². The van der Waals surface area contributed by atoms with Gasteiger partial charge in [-0.05, 0) is 54.4 Å². The number of carbonyl (C=O) groups is 1. The van der Waals surface area contributed by atoms with Gasteiger partial charge in [0, 0.05) is 56.2 Å². The number of benzene rings is 2. The molecule has 1 fully saturated rings. The molecule has 5 nitrogen and oxygen atoms in total. The molecule has 3 rings (SSSR count). The fourth-order valence-electron chi connectivity index (χ4n) is 3.45. The second-order valence-electron chi connectivity index (χ2n) is 8.89. The van der Waals surface area contributed by atoms with E-state index in [1.54, 1.807) is 0 Å². The third kappa shape index (κ3) is 6.23. The van der Waals surface area contributed by atoms with Crippen LogP contribution in [0, 0.1) is 0 Å². The van der Waals surface area contributed by atoms with E-state index in [1.165, 1.54) is 11.3 Å². The molecule has 0 saturated carbocycles. The van der Waals surface area contributed by atoms with E-state index in [1.807, 2.05) is 12.1 Å². The molecule has 0 radical (unpaired) electrons. The molecule has 0 aromatic heterocycles. The van der Waals surface area contributed by atoms with Crippen LogP contribution in [0.2, 0.25) is 0 Å². The predicted molar refractivity (Wildman–Crippen MR) is 123 cm³/mol. The molecule has 1 aliphatic rings. The minimum Gasteiger partial charge on any atom is -0.385 e. The van der Waals surface area contributed by atoms with Gasteiger partial charge in [0.2, 0.25) is 5.91 Å². The molecule has 5 heteroatoms. The first-order valence-corrected chi connectivity index (χ1v) is 10.5. The van der Waals surface area contributed by atoms with Gasteiger partial charge in [0.1, 0.15) is 0 Å². The van der Waals surface area contributed by atoms with Crippen molar-refractivity contribution in [2.75, 3.05) is 55.3 Å². The Morgan fingerprint density at radius 3 is 2.07 bits per heavy atom. The first-order valence-electron chi connectivity index (χ1n) is 10.5. The van der Waals surface area contributed by atoms with Crippen molar-refractivity contribution in [3.8, 4) is 0 Å². The van der Waals surface area contributed by atoms with Crippen LogP contribution in [0.4, 0.5) is 17.1 Å². The Kier molecular flexibility index (Phi) is 6.80. The highest BCUT2D eigenvalue weighted by atomic mass is 16.1. The summed E-state index contributed by atoms with van der Waals surface area (Å²) in [7, 11) is 2.16. The fraction of sp³-hybridized carbons (Fsp3) is 0.458. The standard InChI is InChI=1S/C24H34N4O/c1-24(2,3)19-5-7-20(8-6-19)25-14-13-23(29)26-21-9-11-22(12-10-21)28-17-15-27(4)16-18-28/h5-12,25H,13-18H2,1-4H3,(H,26,29). The average Bonchev–Trinajstić information content (AvgIpc) is 2.69. The summed E-state index contributed by atoms with van der Waals surface area (Å²) in [5, 5.41) is 6.31. The summed E-state index contributed by atoms with van der Waals surface area (Å²) in [6.07, 6.45) is 0.432. The third-order valence-corrected chi connectivity index (χ3v) is 5.45. The van der Waals surface area contributed by atoms with Gasteiger partial charge in [-0.15, -0.1) is 0 Å². The Balaban J connectivity index is 1.42. The number of carbonyl (C=O) groups excluding carboxylic acids is 1. The van der Waals surface area contributed by atoms with Crippen LogP contribution >= 0.6 is 0 Å². The van der Waals surface area contributed by atoms with Crippen molar-refractivity contribution in [3.05, 3.63) is 54.1 Å². The maximum absolute atomic E-state index is 12.2. The molecular weight excluding hydrogens is 360 g/mol. The quantitative estimate of drug-likeness (QED) is 0.772. The zero-order chi connectivity index (χ0) is 20.9. The third-order valence-electron chi connectivity index (χ3n) is 5.45. The van der Waals surface area contributed by atoms with Crippen LogP contribution in [0.3, 0.4) is 0 Å². The summed E-state index contributed by atoms with van der Waals surface area (Å²) in [5.74, 6) is 0.0242. The van der Waals surface area contributed by atoms with Crippen LogP contribution in [0.15, 0.2) is 48.5 Å². The largest absolute Gasteiger partial charge is 0.385 e. The number of likely N-dealkylation sites (N-methyl/N-ethyl adjacent to an activating group) is 1. The molecule has 1 saturated heterocycles. The summed E-state index contributed by atoms with van der Waals surface area (Å²) >= 11 is 0. The van der Waals surface area contributed by atoms with Gasteiger partial charge in [0.25, 0.3) is 0 Å². The maximum atomic E-state index is 12.2. The molecule has 2 N–H and O–H groups in total. The molecule has 0 aliphatic carbocycles.